The van der Waals surface area contributed by atoms with E-state index in [1.807, 2.05) is 6.07 Å². The third-order valence-electron chi connectivity index (χ3n) is 8.76. The van der Waals surface area contributed by atoms with E-state index in [-0.39, 0.29) is 56.5 Å². The van der Waals surface area contributed by atoms with Crippen molar-refractivity contribution in [3.63, 3.8) is 0 Å². The van der Waals surface area contributed by atoms with Crippen LogP contribution in [0.5, 0.6) is 23.0 Å². The Labute approximate surface area is 350 Å². The molecule has 19 heteroatoms. The number of carboxylic acid groups (broad SMARTS) is 1. The monoisotopic (exact) mass is 848 g/mol. The van der Waals surface area contributed by atoms with Crippen molar-refractivity contribution in [2.24, 2.45) is 0 Å². The lowest BCUT2D eigenvalue weighted by atomic mass is 10.1. The van der Waals surface area contributed by atoms with Crippen LogP contribution in [-0.4, -0.2) is 71.1 Å². The molecule has 0 aromatic heterocycles. The average Bonchev–Trinajstić information content (AvgIpc) is 3.24. The number of carboxylic acids is 1. The zero-order valence-electron chi connectivity index (χ0n) is 32.4. The zero-order valence-corrected chi connectivity index (χ0v) is 32.4. The van der Waals surface area contributed by atoms with Crippen LogP contribution < -0.4 is 36.1 Å². The minimum atomic E-state index is -1.43. The summed E-state index contributed by atoms with van der Waals surface area (Å²) >= 11 is 0. The van der Waals surface area contributed by atoms with Crippen LogP contribution in [0.3, 0.4) is 0 Å². The maximum absolute atomic E-state index is 14.4. The fraction of sp³-hybridized carbons (Fsp3) is 0.0930. The summed E-state index contributed by atoms with van der Waals surface area (Å²) in [6.45, 7) is 0. The highest BCUT2D eigenvalue weighted by molar-refractivity contribution is 6.11. The fourth-order valence-corrected chi connectivity index (χ4v) is 5.64. The molecule has 0 heterocycles. The Hall–Kier alpha value is -8.79. The Morgan fingerprint density at radius 2 is 1.18 bits per heavy atom. The molecule has 0 unspecified atom stereocenters. The number of rotatable bonds is 15. The van der Waals surface area contributed by atoms with Crippen molar-refractivity contribution in [2.75, 3.05) is 35.5 Å². The van der Waals surface area contributed by atoms with Crippen molar-refractivity contribution in [2.45, 2.75) is 12.5 Å². The minimum Gasteiger partial charge on any atom is -0.504 e. The average molecular weight is 849 g/mol. The molecule has 1 atom stereocenters. The van der Waals surface area contributed by atoms with E-state index in [0.29, 0.717) is 0 Å². The Bertz CT molecular complexity index is 2630. The molecule has 0 bridgehead atoms. The van der Waals surface area contributed by atoms with Gasteiger partial charge < -0.3 is 51.4 Å². The van der Waals surface area contributed by atoms with Gasteiger partial charge in [0.2, 0.25) is 5.91 Å². The van der Waals surface area contributed by atoms with Gasteiger partial charge in [0.15, 0.2) is 28.8 Å². The number of nitrogens with zero attached hydrogens (tertiary/aromatic N) is 1. The molecule has 5 amide bonds. The van der Waals surface area contributed by atoms with Gasteiger partial charge in [-0.25, -0.2) is 13.6 Å². The van der Waals surface area contributed by atoms with Crippen LogP contribution in [0.25, 0.3) is 6.08 Å². The fourth-order valence-electron chi connectivity index (χ4n) is 5.64. The van der Waals surface area contributed by atoms with Crippen molar-refractivity contribution in [3.05, 3.63) is 137 Å². The van der Waals surface area contributed by atoms with Crippen LogP contribution in [0.15, 0.2) is 103 Å². The number of ether oxygens (including phenoxy) is 2. The number of halogens is 2. The number of benzene rings is 5. The number of hydrogen-bond acceptors (Lipinski definition) is 11. The number of nitrogens with one attached hydrogen (secondary N) is 5. The number of carbonyl (C=O) groups is 6. The van der Waals surface area contributed by atoms with Gasteiger partial charge in [0.1, 0.15) is 17.4 Å². The third kappa shape index (κ3) is 10.6. The minimum absolute atomic E-state index is 0.0380. The lowest BCUT2D eigenvalue weighted by molar-refractivity contribution is -0.118. The molecule has 62 heavy (non-hydrogen) atoms. The summed E-state index contributed by atoms with van der Waals surface area (Å²) < 4.78 is 37.8. The first kappa shape index (κ1) is 44.3. The van der Waals surface area contributed by atoms with Gasteiger partial charge in [-0.05, 0) is 96.6 Å². The summed E-state index contributed by atoms with van der Waals surface area (Å²) in [6, 6.07) is 20.7. The van der Waals surface area contributed by atoms with Gasteiger partial charge in [0.05, 0.1) is 43.6 Å². The molecular weight excluding hydrogens is 814 g/mol. The molecule has 0 aliphatic heterocycles. The molecular formula is C43H34F2N6O11. The number of hydrogen-bond donors (Lipinski definition) is 8. The highest BCUT2D eigenvalue weighted by Crippen LogP contribution is 2.40. The van der Waals surface area contributed by atoms with E-state index in [2.05, 4.69) is 26.6 Å². The number of anilines is 4. The lowest BCUT2D eigenvalue weighted by Gasteiger charge is -2.17. The second kappa shape index (κ2) is 19.8. The second-order valence-corrected chi connectivity index (χ2v) is 12.8. The first-order valence-corrected chi connectivity index (χ1v) is 17.9. The molecule has 0 aliphatic carbocycles. The Morgan fingerprint density at radius 3 is 1.71 bits per heavy atom. The molecule has 0 saturated carbocycles. The lowest BCUT2D eigenvalue weighted by Crippen LogP contribution is -2.43. The van der Waals surface area contributed by atoms with Crippen molar-refractivity contribution in [1.29, 1.82) is 5.26 Å². The summed E-state index contributed by atoms with van der Waals surface area (Å²) in [5.74, 6) is -9.32. The number of aromatic carboxylic acids is 1. The Morgan fingerprint density at radius 1 is 0.677 bits per heavy atom. The standard InChI is InChI=1S/C43H34F2N6O11/c1-61-36-31(17-15-28(34(36)52)40(56)50-32-18-16-29(43(59)60)35(53)37(32)62-2)49-38(54)23-7-13-27(14-8-23)48-42(58)33(19-20-46)51-39(55)24-5-11-26(12-6-24)47-41(57)30(45)21-22-3-9-25(44)10-4-22/h3-18,21,33,52-53H,19H2,1-2H3,(H,47,57)(H,48,58)(H,49,54)(H,50,56)(H,51,55)(H,59,60)/b30-21-/t33-/m0/s1. The summed E-state index contributed by atoms with van der Waals surface area (Å²) in [5.41, 5.74) is -0.218. The molecule has 0 fully saturated rings. The van der Waals surface area contributed by atoms with E-state index in [1.54, 1.807) is 0 Å². The molecule has 0 radical (unpaired) electrons. The molecule has 5 rings (SSSR count). The van der Waals surface area contributed by atoms with Gasteiger partial charge >= 0.3 is 5.97 Å². The van der Waals surface area contributed by atoms with Gasteiger partial charge in [-0.3, -0.25) is 24.0 Å². The second-order valence-electron chi connectivity index (χ2n) is 12.8. The number of aromatic hydroxyl groups is 2. The molecule has 17 nitrogen and oxygen atoms in total. The predicted octanol–water partition coefficient (Wildman–Crippen LogP) is 6.06. The smallest absolute Gasteiger partial charge is 0.339 e. The zero-order chi connectivity index (χ0) is 45.1. The van der Waals surface area contributed by atoms with Crippen LogP contribution in [0.1, 0.15) is 53.4 Å². The van der Waals surface area contributed by atoms with Gasteiger partial charge in [-0.2, -0.15) is 5.26 Å². The van der Waals surface area contributed by atoms with Gasteiger partial charge in [0, 0.05) is 22.5 Å². The summed E-state index contributed by atoms with van der Waals surface area (Å²) in [4.78, 5) is 76.0. The molecule has 0 saturated heterocycles. The van der Waals surface area contributed by atoms with Gasteiger partial charge in [0.25, 0.3) is 23.6 Å². The Kier molecular flexibility index (Phi) is 14.1. The number of phenols is 2. The topological polar surface area (TPSA) is 266 Å². The number of nitriles is 1. The molecule has 316 valence electrons. The van der Waals surface area contributed by atoms with Crippen molar-refractivity contribution >= 4 is 64.3 Å². The van der Waals surface area contributed by atoms with E-state index in [4.69, 9.17) is 9.47 Å². The summed E-state index contributed by atoms with van der Waals surface area (Å²) in [5, 5.41) is 52.1. The van der Waals surface area contributed by atoms with Crippen LogP contribution in [0, 0.1) is 17.1 Å². The molecule has 0 spiro atoms. The van der Waals surface area contributed by atoms with Gasteiger partial charge in [-0.15, -0.1) is 0 Å². The third-order valence-corrected chi connectivity index (χ3v) is 8.76. The quantitative estimate of drug-likeness (QED) is 0.0559. The van der Waals surface area contributed by atoms with Crippen molar-refractivity contribution in [1.82, 2.24) is 5.32 Å². The van der Waals surface area contributed by atoms with Crippen LogP contribution in [-0.2, 0) is 9.59 Å². The molecule has 0 aliphatic rings. The number of phenolic OH excluding ortho intramolecular Hbond substituents is 1. The molecule has 5 aromatic rings. The van der Waals surface area contributed by atoms with Crippen LogP contribution in [0.2, 0.25) is 0 Å². The van der Waals surface area contributed by atoms with E-state index in [1.165, 1.54) is 86.0 Å². The van der Waals surface area contributed by atoms with Crippen molar-refractivity contribution in [3.8, 4) is 29.1 Å². The normalized spacial score (nSPS) is 11.2. The number of carbonyl (C=O) groups excluding carboxylic acids is 5. The van der Waals surface area contributed by atoms with E-state index >= 15 is 0 Å². The Balaban J connectivity index is 1.18. The highest BCUT2D eigenvalue weighted by atomic mass is 19.1. The number of methoxy groups -OCH3 is 2. The first-order chi connectivity index (χ1) is 29.6. The van der Waals surface area contributed by atoms with E-state index in [0.717, 1.165) is 31.4 Å². The van der Waals surface area contributed by atoms with Crippen LogP contribution in [0.4, 0.5) is 31.5 Å². The highest BCUT2D eigenvalue weighted by Gasteiger charge is 2.25. The SMILES string of the molecule is COc1c(NC(=O)c2ccc(NC(=O)c3ccc(NC(=O)[C@H](CC#N)NC(=O)c4ccc(NC(=O)/C(F)=C/c5ccc(F)cc5)cc4)cc3)c(OC)c2O)ccc(C(=O)O)c1O. The van der Waals surface area contributed by atoms with Gasteiger partial charge in [-0.1, -0.05) is 12.1 Å². The van der Waals surface area contributed by atoms with E-state index < -0.39 is 76.7 Å². The largest absolute Gasteiger partial charge is 0.504 e. The summed E-state index contributed by atoms with van der Waals surface area (Å²) in [7, 11) is 2.33. The van der Waals surface area contributed by atoms with Crippen LogP contribution >= 0.6 is 0 Å². The maximum atomic E-state index is 14.4. The number of amides is 5. The summed E-state index contributed by atoms with van der Waals surface area (Å²) in [6.07, 6.45) is 0.504. The van der Waals surface area contributed by atoms with Crippen molar-refractivity contribution < 1.29 is 62.3 Å². The predicted molar refractivity (Wildman–Crippen MR) is 219 cm³/mol. The first-order valence-electron chi connectivity index (χ1n) is 17.9. The maximum Gasteiger partial charge on any atom is 0.339 e. The van der Waals surface area contributed by atoms with E-state index in [9.17, 15) is 58.1 Å². The molecule has 8 N–H and O–H groups in total. The molecule has 5 aromatic carbocycles.